The molecule has 1 aromatic rings. The molecule has 0 aliphatic heterocycles. The molecule has 3 rings (SSSR count). The molecule has 0 bridgehead atoms. The second-order valence-electron chi connectivity index (χ2n) is 5.60. The van der Waals surface area contributed by atoms with E-state index in [1.165, 1.54) is 37.7 Å². The number of hydrogen-bond donors (Lipinski definition) is 1. The predicted octanol–water partition coefficient (Wildman–Crippen LogP) is 3.55. The van der Waals surface area contributed by atoms with Crippen molar-refractivity contribution < 1.29 is 4.79 Å². The van der Waals surface area contributed by atoms with Gasteiger partial charge in [0, 0.05) is 6.20 Å². The van der Waals surface area contributed by atoms with E-state index in [4.69, 9.17) is 0 Å². The van der Waals surface area contributed by atoms with Crippen LogP contribution < -0.4 is 5.32 Å². The highest BCUT2D eigenvalue weighted by atomic mass is 16.2. The highest BCUT2D eigenvalue weighted by Crippen LogP contribution is 2.41. The average Bonchev–Trinajstić information content (AvgIpc) is 3.20. The van der Waals surface area contributed by atoms with Crippen LogP contribution in [0.5, 0.6) is 0 Å². The number of aromatic nitrogens is 1. The van der Waals surface area contributed by atoms with Crippen molar-refractivity contribution in [2.24, 2.45) is 11.8 Å². The van der Waals surface area contributed by atoms with Crippen LogP contribution in [0.25, 0.3) is 0 Å². The van der Waals surface area contributed by atoms with E-state index >= 15 is 0 Å². The lowest BCUT2D eigenvalue weighted by molar-refractivity contribution is -0.117. The van der Waals surface area contributed by atoms with Crippen LogP contribution in [0, 0.1) is 11.8 Å². The zero-order valence-corrected chi connectivity index (χ0v) is 11.1. The first kappa shape index (κ1) is 12.4. The van der Waals surface area contributed by atoms with Gasteiger partial charge in [0.25, 0.3) is 0 Å². The summed E-state index contributed by atoms with van der Waals surface area (Å²) in [6.45, 7) is 0. The number of allylic oxidation sites excluding steroid dienone is 1. The molecular formula is C16H20N2O. The Hall–Kier alpha value is -1.64. The van der Waals surface area contributed by atoms with E-state index in [-0.39, 0.29) is 11.8 Å². The van der Waals surface area contributed by atoms with E-state index in [2.05, 4.69) is 16.4 Å². The quantitative estimate of drug-likeness (QED) is 0.840. The van der Waals surface area contributed by atoms with Crippen LogP contribution in [0.3, 0.4) is 0 Å². The summed E-state index contributed by atoms with van der Waals surface area (Å²) in [4.78, 5) is 16.2. The van der Waals surface area contributed by atoms with Gasteiger partial charge in [-0.1, -0.05) is 37.0 Å². The molecule has 1 atom stereocenters. The summed E-state index contributed by atoms with van der Waals surface area (Å²) in [5, 5.41) is 2.88. The van der Waals surface area contributed by atoms with Crippen LogP contribution >= 0.6 is 0 Å². The molecule has 3 heteroatoms. The lowest BCUT2D eigenvalue weighted by atomic mass is 9.89. The van der Waals surface area contributed by atoms with Crippen LogP contribution in [-0.2, 0) is 4.79 Å². The van der Waals surface area contributed by atoms with E-state index in [0.717, 1.165) is 12.3 Å². The van der Waals surface area contributed by atoms with Gasteiger partial charge in [-0.3, -0.25) is 4.79 Å². The number of nitrogens with zero attached hydrogens (tertiary/aromatic N) is 1. The largest absolute Gasteiger partial charge is 0.310 e. The zero-order valence-electron chi connectivity index (χ0n) is 11.1. The maximum atomic E-state index is 12.0. The smallest absolute Gasteiger partial charge is 0.233 e. The van der Waals surface area contributed by atoms with E-state index in [1.54, 1.807) is 6.20 Å². The first-order valence-electron chi connectivity index (χ1n) is 7.25. The first-order valence-corrected chi connectivity index (χ1v) is 7.25. The Kier molecular flexibility index (Phi) is 3.62. The molecule has 2 fully saturated rings. The minimum atomic E-state index is 0.0979. The van der Waals surface area contributed by atoms with Crippen molar-refractivity contribution >= 4 is 11.7 Å². The molecule has 0 saturated heterocycles. The van der Waals surface area contributed by atoms with Crippen molar-refractivity contribution in [3.05, 3.63) is 36.0 Å². The van der Waals surface area contributed by atoms with E-state index in [0.29, 0.717) is 5.82 Å². The Balaban J connectivity index is 1.54. The van der Waals surface area contributed by atoms with Crippen molar-refractivity contribution in [1.29, 1.82) is 0 Å². The third-order valence-corrected chi connectivity index (χ3v) is 4.06. The Labute approximate surface area is 114 Å². The van der Waals surface area contributed by atoms with Crippen molar-refractivity contribution in [1.82, 2.24) is 4.98 Å². The molecule has 0 radical (unpaired) electrons. The molecule has 1 unspecified atom stereocenters. The topological polar surface area (TPSA) is 42.0 Å². The second kappa shape index (κ2) is 5.55. The molecule has 19 heavy (non-hydrogen) atoms. The fraction of sp³-hybridized carbons (Fsp3) is 0.500. The number of anilines is 1. The summed E-state index contributed by atoms with van der Waals surface area (Å²) in [6.07, 6.45) is 11.7. The number of carbonyl (C=O) groups is 1. The minimum absolute atomic E-state index is 0.0979. The van der Waals surface area contributed by atoms with Gasteiger partial charge in [-0.2, -0.15) is 0 Å². The lowest BCUT2D eigenvalue weighted by Gasteiger charge is -2.17. The SMILES string of the molecule is O=C(Nc1ccccn1)C1C/C1=C\C1CCCCC1. The highest BCUT2D eigenvalue weighted by molar-refractivity contribution is 5.96. The molecule has 1 heterocycles. The first-order chi connectivity index (χ1) is 9.33. The van der Waals surface area contributed by atoms with Crippen LogP contribution in [0.4, 0.5) is 5.82 Å². The Morgan fingerprint density at radius 1 is 1.26 bits per heavy atom. The summed E-state index contributed by atoms with van der Waals surface area (Å²) in [5.41, 5.74) is 1.33. The van der Waals surface area contributed by atoms with E-state index in [9.17, 15) is 4.79 Å². The summed E-state index contributed by atoms with van der Waals surface area (Å²) in [7, 11) is 0. The fourth-order valence-electron chi connectivity index (χ4n) is 2.88. The van der Waals surface area contributed by atoms with Crippen LogP contribution in [0.15, 0.2) is 36.0 Å². The maximum Gasteiger partial charge on any atom is 0.233 e. The lowest BCUT2D eigenvalue weighted by Crippen LogP contribution is -2.14. The van der Waals surface area contributed by atoms with Crippen molar-refractivity contribution in [3.8, 4) is 0 Å². The third kappa shape index (κ3) is 3.22. The molecule has 0 spiro atoms. The standard InChI is InChI=1S/C16H20N2O/c19-16(18-15-8-4-5-9-17-15)14-11-13(14)10-12-6-2-1-3-7-12/h4-5,8-10,12,14H,1-3,6-7,11H2,(H,17,18,19)/b13-10+. The molecule has 2 aliphatic rings. The molecule has 1 amide bonds. The van der Waals surface area contributed by atoms with Gasteiger partial charge < -0.3 is 5.32 Å². The highest BCUT2D eigenvalue weighted by Gasteiger charge is 2.37. The van der Waals surface area contributed by atoms with Gasteiger partial charge in [0.05, 0.1) is 5.92 Å². The summed E-state index contributed by atoms with van der Waals surface area (Å²) < 4.78 is 0. The molecule has 2 aliphatic carbocycles. The minimum Gasteiger partial charge on any atom is -0.310 e. The number of carbonyl (C=O) groups excluding carboxylic acids is 1. The Morgan fingerprint density at radius 2 is 2.11 bits per heavy atom. The average molecular weight is 256 g/mol. The van der Waals surface area contributed by atoms with E-state index in [1.807, 2.05) is 18.2 Å². The summed E-state index contributed by atoms with van der Waals surface area (Å²) in [6, 6.07) is 5.56. The van der Waals surface area contributed by atoms with Crippen LogP contribution in [0.1, 0.15) is 38.5 Å². The summed E-state index contributed by atoms with van der Waals surface area (Å²) in [5.74, 6) is 1.57. The van der Waals surface area contributed by atoms with E-state index < -0.39 is 0 Å². The zero-order chi connectivity index (χ0) is 13.1. The van der Waals surface area contributed by atoms with Gasteiger partial charge in [-0.25, -0.2) is 4.98 Å². The third-order valence-electron chi connectivity index (χ3n) is 4.06. The van der Waals surface area contributed by atoms with Crippen molar-refractivity contribution in [2.75, 3.05) is 5.32 Å². The Morgan fingerprint density at radius 3 is 2.84 bits per heavy atom. The van der Waals surface area contributed by atoms with Crippen LogP contribution in [-0.4, -0.2) is 10.9 Å². The molecule has 2 saturated carbocycles. The summed E-state index contributed by atoms with van der Waals surface area (Å²) >= 11 is 0. The molecule has 0 aromatic carbocycles. The molecule has 1 N–H and O–H groups in total. The number of nitrogens with one attached hydrogen (secondary N) is 1. The second-order valence-corrected chi connectivity index (χ2v) is 5.60. The normalized spacial score (nSPS) is 25.3. The van der Waals surface area contributed by atoms with Gasteiger partial charge >= 0.3 is 0 Å². The van der Waals surface area contributed by atoms with Gasteiger partial charge in [-0.05, 0) is 37.3 Å². The van der Waals surface area contributed by atoms with Gasteiger partial charge in [-0.15, -0.1) is 0 Å². The maximum absolute atomic E-state index is 12.0. The fourth-order valence-corrected chi connectivity index (χ4v) is 2.88. The molecular weight excluding hydrogens is 236 g/mol. The molecule has 1 aromatic heterocycles. The molecule has 3 nitrogen and oxygen atoms in total. The monoisotopic (exact) mass is 256 g/mol. The van der Waals surface area contributed by atoms with Gasteiger partial charge in [0.1, 0.15) is 5.82 Å². The number of amides is 1. The van der Waals surface area contributed by atoms with Gasteiger partial charge in [0.15, 0.2) is 0 Å². The van der Waals surface area contributed by atoms with Gasteiger partial charge in [0.2, 0.25) is 5.91 Å². The Bertz CT molecular complexity index is 475. The molecule has 100 valence electrons. The number of pyridine rings is 1. The van der Waals surface area contributed by atoms with Crippen molar-refractivity contribution in [2.45, 2.75) is 38.5 Å². The number of hydrogen-bond acceptors (Lipinski definition) is 2. The van der Waals surface area contributed by atoms with Crippen LogP contribution in [0.2, 0.25) is 0 Å². The predicted molar refractivity (Wildman–Crippen MR) is 75.6 cm³/mol. The number of rotatable bonds is 3. The van der Waals surface area contributed by atoms with Crippen molar-refractivity contribution in [3.63, 3.8) is 0 Å².